The second-order valence-electron chi connectivity index (χ2n) is 11.1. The maximum absolute atomic E-state index is 12.7. The van der Waals surface area contributed by atoms with Crippen molar-refractivity contribution in [3.63, 3.8) is 0 Å². The SMILES string of the molecule is C/C=N/CC(=O)NC(C)C(=O)NC(C)C(=O)Nc1ccc(COC(=O)NCCN(CCNC(C)=O)C(=O)C[N+](C)(C)C)cc1. The Morgan fingerprint density at radius 1 is 0.909 bits per heavy atom. The van der Waals surface area contributed by atoms with Gasteiger partial charge in [0, 0.05) is 38.8 Å². The predicted octanol–water partition coefficient (Wildman–Crippen LogP) is -0.378. The number of anilines is 1. The first kappa shape index (κ1) is 37.5. The molecule has 0 fully saturated rings. The third-order valence-corrected chi connectivity index (χ3v) is 5.90. The van der Waals surface area contributed by atoms with Crippen molar-refractivity contribution in [1.29, 1.82) is 0 Å². The van der Waals surface area contributed by atoms with Crippen molar-refractivity contribution in [3.8, 4) is 0 Å². The Balaban J connectivity index is 2.50. The third kappa shape index (κ3) is 16.2. The number of ether oxygens (including phenoxy) is 1. The van der Waals surface area contributed by atoms with Gasteiger partial charge in [0.1, 0.15) is 25.2 Å². The summed E-state index contributed by atoms with van der Waals surface area (Å²) < 4.78 is 5.70. The summed E-state index contributed by atoms with van der Waals surface area (Å²) in [5.41, 5.74) is 1.15. The first-order valence-electron chi connectivity index (χ1n) is 14.3. The Morgan fingerprint density at radius 3 is 2.07 bits per heavy atom. The Bertz CT molecular complexity index is 1170. The lowest BCUT2D eigenvalue weighted by atomic mass is 10.2. The van der Waals surface area contributed by atoms with E-state index >= 15 is 0 Å². The van der Waals surface area contributed by atoms with Crippen molar-refractivity contribution >= 4 is 47.5 Å². The van der Waals surface area contributed by atoms with Crippen LogP contribution in [0.3, 0.4) is 0 Å². The van der Waals surface area contributed by atoms with Crippen LogP contribution in [0.2, 0.25) is 0 Å². The second kappa shape index (κ2) is 18.9. The van der Waals surface area contributed by atoms with Gasteiger partial charge in [0.25, 0.3) is 5.91 Å². The maximum atomic E-state index is 12.7. The van der Waals surface area contributed by atoms with E-state index in [0.29, 0.717) is 28.8 Å². The summed E-state index contributed by atoms with van der Waals surface area (Å²) in [6, 6.07) is 4.90. The van der Waals surface area contributed by atoms with Gasteiger partial charge in [-0.15, -0.1) is 0 Å². The average molecular weight is 620 g/mol. The Morgan fingerprint density at radius 2 is 1.50 bits per heavy atom. The van der Waals surface area contributed by atoms with Crippen molar-refractivity contribution < 1.29 is 38.0 Å². The molecule has 0 heterocycles. The van der Waals surface area contributed by atoms with Crippen molar-refractivity contribution in [1.82, 2.24) is 26.2 Å². The fourth-order valence-corrected chi connectivity index (χ4v) is 3.59. The number of alkyl carbamates (subject to hydrolysis) is 1. The molecule has 15 nitrogen and oxygen atoms in total. The standard InChI is InChI=1S/C29H46N8O7/c1-8-30-17-25(39)33-20(2)27(41)34-21(3)28(42)35-24-11-9-23(10-12-24)19-44-29(43)32-14-16-36(15-13-31-22(4)38)26(40)18-37(5,6)7/h8-12,20-21H,13-19H2,1-7H3,(H4-,31,32,33,34,35,38,39,41,42,43)/p+1/b30-8+. The van der Waals surface area contributed by atoms with Gasteiger partial charge < -0.3 is 40.7 Å². The van der Waals surface area contributed by atoms with E-state index in [0.717, 1.165) is 0 Å². The number of rotatable bonds is 17. The number of aliphatic imine (C=N–C) groups is 1. The molecule has 0 radical (unpaired) electrons. The van der Waals surface area contributed by atoms with Gasteiger partial charge in [-0.25, -0.2) is 4.79 Å². The number of carbonyl (C=O) groups is 6. The van der Waals surface area contributed by atoms with Crippen LogP contribution in [0.1, 0.15) is 33.3 Å². The highest BCUT2D eigenvalue weighted by Crippen LogP contribution is 2.11. The molecule has 6 amide bonds. The zero-order valence-corrected chi connectivity index (χ0v) is 26.7. The molecule has 0 bridgehead atoms. The normalized spacial score (nSPS) is 12.4. The van der Waals surface area contributed by atoms with Crippen molar-refractivity contribution in [2.45, 2.75) is 46.4 Å². The monoisotopic (exact) mass is 619 g/mol. The highest BCUT2D eigenvalue weighted by molar-refractivity contribution is 5.98. The number of amides is 6. The molecule has 1 rings (SSSR count). The zero-order chi connectivity index (χ0) is 33.3. The van der Waals surface area contributed by atoms with E-state index < -0.39 is 35.9 Å². The molecular weight excluding hydrogens is 572 g/mol. The van der Waals surface area contributed by atoms with E-state index in [1.54, 1.807) is 36.1 Å². The van der Waals surface area contributed by atoms with Gasteiger partial charge in [0.15, 0.2) is 6.54 Å². The van der Waals surface area contributed by atoms with Crippen LogP contribution in [0.4, 0.5) is 10.5 Å². The summed E-state index contributed by atoms with van der Waals surface area (Å²) in [7, 11) is 5.70. The lowest BCUT2D eigenvalue weighted by Crippen LogP contribution is -2.50. The minimum absolute atomic E-state index is 0.0215. The molecule has 0 aliphatic carbocycles. The van der Waals surface area contributed by atoms with Gasteiger partial charge in [-0.2, -0.15) is 0 Å². The van der Waals surface area contributed by atoms with Gasteiger partial charge in [0.05, 0.1) is 21.1 Å². The van der Waals surface area contributed by atoms with Crippen LogP contribution in [0.15, 0.2) is 29.3 Å². The smallest absolute Gasteiger partial charge is 0.407 e. The number of carbonyl (C=O) groups excluding carboxylic acids is 6. The molecule has 0 aromatic heterocycles. The minimum Gasteiger partial charge on any atom is -0.445 e. The zero-order valence-electron chi connectivity index (χ0n) is 26.7. The van der Waals surface area contributed by atoms with Gasteiger partial charge in [-0.1, -0.05) is 12.1 Å². The number of hydrogen-bond donors (Lipinski definition) is 5. The molecule has 0 aliphatic rings. The van der Waals surface area contributed by atoms with Crippen molar-refractivity contribution in [3.05, 3.63) is 29.8 Å². The van der Waals surface area contributed by atoms with E-state index in [-0.39, 0.29) is 44.6 Å². The summed E-state index contributed by atoms with van der Waals surface area (Å²) in [6.45, 7) is 7.31. The van der Waals surface area contributed by atoms with E-state index in [1.165, 1.54) is 27.0 Å². The summed E-state index contributed by atoms with van der Waals surface area (Å²) >= 11 is 0. The Labute approximate surface area is 258 Å². The fourth-order valence-electron chi connectivity index (χ4n) is 3.59. The van der Waals surface area contributed by atoms with E-state index in [9.17, 15) is 28.8 Å². The van der Waals surface area contributed by atoms with Crippen molar-refractivity contribution in [2.24, 2.45) is 4.99 Å². The van der Waals surface area contributed by atoms with Crippen molar-refractivity contribution in [2.75, 3.05) is 65.7 Å². The fraction of sp³-hybridized carbons (Fsp3) is 0.552. The van der Waals surface area contributed by atoms with Gasteiger partial charge in [-0.3, -0.25) is 29.0 Å². The number of hydrogen-bond acceptors (Lipinski definition) is 8. The molecule has 1 aromatic carbocycles. The number of nitrogens with zero attached hydrogens (tertiary/aromatic N) is 3. The number of benzene rings is 1. The predicted molar refractivity (Wildman–Crippen MR) is 166 cm³/mol. The lowest BCUT2D eigenvalue weighted by Gasteiger charge is -2.28. The first-order chi connectivity index (χ1) is 20.6. The molecule has 244 valence electrons. The van der Waals surface area contributed by atoms with Crippen LogP contribution in [0.5, 0.6) is 0 Å². The maximum Gasteiger partial charge on any atom is 0.407 e. The second-order valence-corrected chi connectivity index (χ2v) is 11.1. The largest absolute Gasteiger partial charge is 0.445 e. The van der Waals surface area contributed by atoms with Crippen LogP contribution in [-0.4, -0.2) is 124 Å². The number of quaternary nitrogens is 1. The molecule has 1 aromatic rings. The van der Waals surface area contributed by atoms with Crippen LogP contribution < -0.4 is 26.6 Å². The first-order valence-corrected chi connectivity index (χ1v) is 14.3. The molecule has 2 unspecified atom stereocenters. The molecule has 0 spiro atoms. The Hall–Kier alpha value is -4.53. The molecular formula is C29H47N8O7+. The van der Waals surface area contributed by atoms with Crippen LogP contribution in [0.25, 0.3) is 0 Å². The molecule has 0 saturated carbocycles. The molecule has 5 N–H and O–H groups in total. The molecule has 15 heteroatoms. The van der Waals surface area contributed by atoms with E-state index in [1.807, 2.05) is 21.1 Å². The topological polar surface area (TPSA) is 187 Å². The Kier molecular flexibility index (Phi) is 16.1. The highest BCUT2D eigenvalue weighted by atomic mass is 16.5. The lowest BCUT2D eigenvalue weighted by molar-refractivity contribution is -0.862. The van der Waals surface area contributed by atoms with Gasteiger partial charge in [0.2, 0.25) is 23.6 Å². The van der Waals surface area contributed by atoms with Gasteiger partial charge in [-0.05, 0) is 44.7 Å². The highest BCUT2D eigenvalue weighted by Gasteiger charge is 2.22. The molecule has 0 saturated heterocycles. The summed E-state index contributed by atoms with van der Waals surface area (Å²) in [6.07, 6.45) is 0.833. The molecule has 2 atom stereocenters. The molecule has 44 heavy (non-hydrogen) atoms. The van der Waals surface area contributed by atoms with Gasteiger partial charge >= 0.3 is 6.09 Å². The van der Waals surface area contributed by atoms with E-state index in [4.69, 9.17) is 4.74 Å². The summed E-state index contributed by atoms with van der Waals surface area (Å²) in [5, 5.41) is 13.0. The quantitative estimate of drug-likeness (QED) is 0.116. The van der Waals surface area contributed by atoms with E-state index in [2.05, 4.69) is 31.6 Å². The van der Waals surface area contributed by atoms with Crippen LogP contribution >= 0.6 is 0 Å². The summed E-state index contributed by atoms with van der Waals surface area (Å²) in [5.74, 6) is -1.67. The average Bonchev–Trinajstić information content (AvgIpc) is 2.93. The number of likely N-dealkylation sites (N-methyl/N-ethyl adjacent to an activating group) is 1. The number of nitrogens with one attached hydrogen (secondary N) is 5. The third-order valence-electron chi connectivity index (χ3n) is 5.90. The summed E-state index contributed by atoms with van der Waals surface area (Å²) in [4.78, 5) is 78.0. The van der Waals surface area contributed by atoms with Crippen LogP contribution in [-0.2, 0) is 35.3 Å². The minimum atomic E-state index is -0.869. The molecule has 0 aliphatic heterocycles. The van der Waals surface area contributed by atoms with Crippen LogP contribution in [0, 0.1) is 0 Å².